The fourth-order valence-corrected chi connectivity index (χ4v) is 4.35. The van der Waals surface area contributed by atoms with Crippen LogP contribution in [0.5, 0.6) is 11.5 Å². The van der Waals surface area contributed by atoms with Crippen LogP contribution in [0.2, 0.25) is 0 Å². The van der Waals surface area contributed by atoms with Gasteiger partial charge in [-0.15, -0.1) is 12.4 Å². The number of rotatable bonds is 8. The average Bonchev–Trinajstić information content (AvgIpc) is 2.82. The summed E-state index contributed by atoms with van der Waals surface area (Å²) in [5.74, 6) is 1.06. The van der Waals surface area contributed by atoms with Crippen molar-refractivity contribution < 1.29 is 19.4 Å². The number of hydrogen-bond acceptors (Lipinski definition) is 5. The van der Waals surface area contributed by atoms with E-state index in [0.29, 0.717) is 47.8 Å². The van der Waals surface area contributed by atoms with Gasteiger partial charge in [0.25, 0.3) is 0 Å². The van der Waals surface area contributed by atoms with Crippen molar-refractivity contribution >= 4 is 40.9 Å². The van der Waals surface area contributed by atoms with E-state index in [1.807, 2.05) is 42.5 Å². The molecule has 0 spiro atoms. The molecule has 0 bridgehead atoms. The molecule has 7 heteroatoms. The maximum atomic E-state index is 12.3. The number of aromatic carboxylic acids is 1. The molecule has 1 aromatic heterocycles. The molecule has 2 aromatic carbocycles. The summed E-state index contributed by atoms with van der Waals surface area (Å²) in [4.78, 5) is 19.4. The topological polar surface area (TPSA) is 71.9 Å². The number of likely N-dealkylation sites (N-methyl/N-ethyl adjacent to an activating group) is 1. The van der Waals surface area contributed by atoms with Gasteiger partial charge in [-0.2, -0.15) is 0 Å². The van der Waals surface area contributed by atoms with Crippen LogP contribution in [0.1, 0.15) is 54.4 Å². The second kappa shape index (κ2) is 11.6. The number of pyridine rings is 1. The first-order valence-electron chi connectivity index (χ1n) is 11.8. The van der Waals surface area contributed by atoms with Crippen LogP contribution in [0.15, 0.2) is 42.5 Å². The molecule has 3 aromatic rings. The summed E-state index contributed by atoms with van der Waals surface area (Å²) >= 11 is 0. The smallest absolute Gasteiger partial charge is 0.336 e. The van der Waals surface area contributed by atoms with Gasteiger partial charge >= 0.3 is 5.97 Å². The number of hydrogen-bond donors (Lipinski definition) is 1. The van der Waals surface area contributed by atoms with Crippen molar-refractivity contribution in [3.8, 4) is 11.5 Å². The van der Waals surface area contributed by atoms with E-state index in [9.17, 15) is 9.90 Å². The molecule has 0 unspecified atom stereocenters. The molecule has 0 fully saturated rings. The van der Waals surface area contributed by atoms with Crippen LogP contribution < -0.4 is 9.47 Å². The minimum Gasteiger partial charge on any atom is -0.493 e. The number of methoxy groups -OCH3 is 1. The van der Waals surface area contributed by atoms with Gasteiger partial charge in [0.2, 0.25) is 0 Å². The number of para-hydroxylation sites is 1. The van der Waals surface area contributed by atoms with Gasteiger partial charge in [0.1, 0.15) is 0 Å². The molecule has 0 atom stereocenters. The molecule has 1 aliphatic heterocycles. The zero-order valence-corrected chi connectivity index (χ0v) is 21.5. The maximum absolute atomic E-state index is 12.3. The number of halogens is 1. The van der Waals surface area contributed by atoms with Gasteiger partial charge in [-0.25, -0.2) is 9.78 Å². The van der Waals surface area contributed by atoms with Gasteiger partial charge in [0.05, 0.1) is 30.5 Å². The maximum Gasteiger partial charge on any atom is 0.336 e. The largest absolute Gasteiger partial charge is 0.493 e. The molecule has 1 aliphatic rings. The number of aromatic nitrogens is 1. The lowest BCUT2D eigenvalue weighted by Gasteiger charge is -2.30. The van der Waals surface area contributed by atoms with E-state index >= 15 is 0 Å². The SMILES string of the molecule is CCN1CC(=Cc2ccc(OCCC(C)C)c(OC)c2)c2nc3ccccc3c(C(=O)O)c2C1.Cl. The van der Waals surface area contributed by atoms with Crippen LogP contribution in [0, 0.1) is 5.92 Å². The second-order valence-corrected chi connectivity index (χ2v) is 9.05. The molecule has 0 aliphatic carbocycles. The Kier molecular flexibility index (Phi) is 8.76. The molecule has 4 rings (SSSR count). The van der Waals surface area contributed by atoms with Crippen LogP contribution in [0.3, 0.4) is 0 Å². The van der Waals surface area contributed by atoms with Crippen LogP contribution >= 0.6 is 12.4 Å². The van der Waals surface area contributed by atoms with E-state index in [1.54, 1.807) is 7.11 Å². The number of ether oxygens (including phenoxy) is 2. The number of carbonyl (C=O) groups is 1. The van der Waals surface area contributed by atoms with E-state index in [-0.39, 0.29) is 12.4 Å². The summed E-state index contributed by atoms with van der Waals surface area (Å²) in [6.07, 6.45) is 3.05. The fraction of sp³-hybridized carbons (Fsp3) is 0.357. The summed E-state index contributed by atoms with van der Waals surface area (Å²) < 4.78 is 11.5. The van der Waals surface area contributed by atoms with E-state index < -0.39 is 5.97 Å². The molecule has 186 valence electrons. The lowest BCUT2D eigenvalue weighted by atomic mass is 9.92. The Labute approximate surface area is 213 Å². The minimum atomic E-state index is -0.920. The average molecular weight is 497 g/mol. The van der Waals surface area contributed by atoms with E-state index in [4.69, 9.17) is 14.5 Å². The monoisotopic (exact) mass is 496 g/mol. The van der Waals surface area contributed by atoms with Crippen LogP contribution in [-0.4, -0.2) is 47.8 Å². The predicted molar refractivity (Wildman–Crippen MR) is 143 cm³/mol. The molecular weight excluding hydrogens is 464 g/mol. The van der Waals surface area contributed by atoms with Crippen molar-refractivity contribution in [2.75, 3.05) is 26.8 Å². The molecule has 0 saturated carbocycles. The highest BCUT2D eigenvalue weighted by Gasteiger charge is 2.28. The summed E-state index contributed by atoms with van der Waals surface area (Å²) in [6.45, 7) is 9.15. The third-order valence-electron chi connectivity index (χ3n) is 6.22. The van der Waals surface area contributed by atoms with Crippen LogP contribution in [-0.2, 0) is 6.54 Å². The zero-order valence-electron chi connectivity index (χ0n) is 20.7. The Morgan fingerprint density at radius 1 is 1.17 bits per heavy atom. The third kappa shape index (κ3) is 5.77. The summed E-state index contributed by atoms with van der Waals surface area (Å²) in [7, 11) is 1.64. The molecule has 1 N–H and O–H groups in total. The Morgan fingerprint density at radius 3 is 2.63 bits per heavy atom. The number of fused-ring (bicyclic) bond motifs is 2. The molecule has 2 heterocycles. The van der Waals surface area contributed by atoms with E-state index in [0.717, 1.165) is 41.1 Å². The molecule has 6 nitrogen and oxygen atoms in total. The summed E-state index contributed by atoms with van der Waals surface area (Å²) in [6, 6.07) is 13.4. The molecule has 0 saturated heterocycles. The van der Waals surface area contributed by atoms with E-state index in [1.165, 1.54) is 0 Å². The first-order chi connectivity index (χ1) is 16.4. The van der Waals surface area contributed by atoms with Gasteiger partial charge < -0.3 is 14.6 Å². The fourth-order valence-electron chi connectivity index (χ4n) is 4.35. The highest BCUT2D eigenvalue weighted by molar-refractivity contribution is 6.06. The summed E-state index contributed by atoms with van der Waals surface area (Å²) in [5, 5.41) is 10.8. The lowest BCUT2D eigenvalue weighted by molar-refractivity contribution is 0.0696. The van der Waals surface area contributed by atoms with Crippen LogP contribution in [0.4, 0.5) is 0 Å². The quantitative estimate of drug-likeness (QED) is 0.402. The molecular formula is C28H33ClN2O4. The van der Waals surface area contributed by atoms with Gasteiger partial charge in [-0.1, -0.05) is 45.0 Å². The number of benzene rings is 2. The third-order valence-corrected chi connectivity index (χ3v) is 6.22. The number of carboxylic acid groups (broad SMARTS) is 1. The van der Waals surface area contributed by atoms with Crippen molar-refractivity contribution in [3.05, 3.63) is 64.8 Å². The van der Waals surface area contributed by atoms with Crippen molar-refractivity contribution in [1.29, 1.82) is 0 Å². The predicted octanol–water partition coefficient (Wildman–Crippen LogP) is 6.16. The van der Waals surface area contributed by atoms with Gasteiger partial charge in [0.15, 0.2) is 11.5 Å². The zero-order chi connectivity index (χ0) is 24.2. The Bertz CT molecular complexity index is 1240. The number of nitrogens with zero attached hydrogens (tertiary/aromatic N) is 2. The molecule has 35 heavy (non-hydrogen) atoms. The van der Waals surface area contributed by atoms with Gasteiger partial charge in [0, 0.05) is 24.0 Å². The molecule has 0 amide bonds. The van der Waals surface area contributed by atoms with Crippen molar-refractivity contribution in [2.45, 2.75) is 33.7 Å². The Hall–Kier alpha value is -3.09. The highest BCUT2D eigenvalue weighted by Crippen LogP contribution is 2.35. The second-order valence-electron chi connectivity index (χ2n) is 9.05. The number of carboxylic acids is 1. The van der Waals surface area contributed by atoms with Gasteiger partial charge in [-0.05, 0) is 54.3 Å². The minimum absolute atomic E-state index is 0. The Morgan fingerprint density at radius 2 is 1.94 bits per heavy atom. The standard InChI is InChI=1S/C28H32N2O4.ClH/c1-5-30-16-20(14-19-10-11-24(25(15-19)33-4)34-13-12-18(2)3)27-22(17-30)26(28(31)32)21-8-6-7-9-23(21)29-27;/h6-11,14-15,18H,5,12-13,16-17H2,1-4H3,(H,31,32);1H. The van der Waals surface area contributed by atoms with Crippen molar-refractivity contribution in [3.63, 3.8) is 0 Å². The summed E-state index contributed by atoms with van der Waals surface area (Å²) in [5.41, 5.74) is 4.52. The van der Waals surface area contributed by atoms with Gasteiger partial charge in [-0.3, -0.25) is 4.90 Å². The normalized spacial score (nSPS) is 14.6. The van der Waals surface area contributed by atoms with Crippen molar-refractivity contribution in [2.24, 2.45) is 5.92 Å². The highest BCUT2D eigenvalue weighted by atomic mass is 35.5. The first kappa shape index (κ1) is 26.5. The van der Waals surface area contributed by atoms with Crippen LogP contribution in [0.25, 0.3) is 22.6 Å². The lowest BCUT2D eigenvalue weighted by Crippen LogP contribution is -2.31. The van der Waals surface area contributed by atoms with E-state index in [2.05, 4.69) is 31.7 Å². The Balaban J connectivity index is 0.00000342. The first-order valence-corrected chi connectivity index (χ1v) is 11.8. The molecule has 0 radical (unpaired) electrons. The van der Waals surface area contributed by atoms with Crippen molar-refractivity contribution in [1.82, 2.24) is 9.88 Å².